The summed E-state index contributed by atoms with van der Waals surface area (Å²) >= 11 is 7.14. The predicted octanol–water partition coefficient (Wildman–Crippen LogP) is 3.84. The van der Waals surface area contributed by atoms with Crippen molar-refractivity contribution in [3.8, 4) is 0 Å². The molecule has 1 saturated heterocycles. The molecule has 12 heteroatoms. The van der Waals surface area contributed by atoms with Crippen molar-refractivity contribution in [1.29, 1.82) is 0 Å². The van der Waals surface area contributed by atoms with Gasteiger partial charge in [0.25, 0.3) is 10.0 Å². The van der Waals surface area contributed by atoms with Gasteiger partial charge in [-0.1, -0.05) is 29.8 Å². The second-order valence-corrected chi connectivity index (χ2v) is 12.8. The standard InChI is InChI=1S/C27H26ClN5O4S2/c28-22-8-7-21-12-26(38-24(21)13-22)39(36,37)31-23-6-3-11-32(27(23)35)18-25(34)33(16-19-4-1-9-29-14-19)17-20-5-2-10-30-15-20/h1-2,4-5,7-10,12-15,23,31H,3,6,11,16-18H2. The maximum Gasteiger partial charge on any atom is 0.250 e. The molecular formula is C27H26ClN5O4S2. The number of fused-ring (bicyclic) bond motifs is 1. The third kappa shape index (κ3) is 6.62. The number of sulfonamides is 1. The van der Waals surface area contributed by atoms with E-state index in [1.54, 1.807) is 66.1 Å². The molecule has 0 aliphatic carbocycles. The van der Waals surface area contributed by atoms with E-state index in [0.29, 0.717) is 37.5 Å². The lowest BCUT2D eigenvalue weighted by molar-refractivity contribution is -0.143. The Balaban J connectivity index is 1.29. The molecule has 1 aliphatic heterocycles. The summed E-state index contributed by atoms with van der Waals surface area (Å²) in [6, 6.07) is 13.2. The number of rotatable bonds is 9. The fourth-order valence-corrected chi connectivity index (χ4v) is 7.40. The third-order valence-electron chi connectivity index (χ3n) is 6.42. The summed E-state index contributed by atoms with van der Waals surface area (Å²) in [4.78, 5) is 38.1. The molecule has 1 aliphatic rings. The van der Waals surface area contributed by atoms with Gasteiger partial charge in [0.2, 0.25) is 11.8 Å². The summed E-state index contributed by atoms with van der Waals surface area (Å²) in [5.41, 5.74) is 1.71. The predicted molar refractivity (Wildman–Crippen MR) is 149 cm³/mol. The highest BCUT2D eigenvalue weighted by atomic mass is 35.5. The second kappa shape index (κ2) is 11.8. The zero-order chi connectivity index (χ0) is 27.4. The maximum atomic E-state index is 13.4. The van der Waals surface area contributed by atoms with Crippen LogP contribution in [-0.4, -0.2) is 59.1 Å². The SMILES string of the molecule is O=C(CN1CCCC(NS(=O)(=O)c2cc3ccc(Cl)cc3s2)C1=O)N(Cc1cccnc1)Cc1cccnc1. The van der Waals surface area contributed by atoms with Crippen LogP contribution in [-0.2, 0) is 32.7 Å². The largest absolute Gasteiger partial charge is 0.332 e. The Kier molecular flexibility index (Phi) is 8.22. The van der Waals surface area contributed by atoms with E-state index in [1.165, 1.54) is 4.90 Å². The molecule has 0 spiro atoms. The highest BCUT2D eigenvalue weighted by Crippen LogP contribution is 2.31. The van der Waals surface area contributed by atoms with Gasteiger partial charge in [0, 0.05) is 54.1 Å². The maximum absolute atomic E-state index is 13.4. The van der Waals surface area contributed by atoms with E-state index in [9.17, 15) is 18.0 Å². The molecule has 5 rings (SSSR count). The summed E-state index contributed by atoms with van der Waals surface area (Å²) in [5.74, 6) is -0.661. The van der Waals surface area contributed by atoms with Crippen molar-refractivity contribution in [2.24, 2.45) is 0 Å². The van der Waals surface area contributed by atoms with Gasteiger partial charge >= 0.3 is 0 Å². The number of piperidine rings is 1. The van der Waals surface area contributed by atoms with Gasteiger partial charge in [-0.05, 0) is 59.7 Å². The number of carbonyl (C=O) groups is 2. The van der Waals surface area contributed by atoms with E-state index in [-0.39, 0.29) is 16.7 Å². The van der Waals surface area contributed by atoms with Gasteiger partial charge in [0.1, 0.15) is 10.3 Å². The molecule has 4 aromatic rings. The first-order chi connectivity index (χ1) is 18.8. The zero-order valence-corrected chi connectivity index (χ0v) is 23.3. The number of hydrogen-bond acceptors (Lipinski definition) is 7. The van der Waals surface area contributed by atoms with Crippen molar-refractivity contribution in [2.45, 2.75) is 36.2 Å². The molecule has 3 aromatic heterocycles. The molecule has 1 fully saturated rings. The highest BCUT2D eigenvalue weighted by Gasteiger charge is 2.34. The van der Waals surface area contributed by atoms with Gasteiger partial charge in [0.05, 0.1) is 6.54 Å². The van der Waals surface area contributed by atoms with Crippen LogP contribution < -0.4 is 4.72 Å². The van der Waals surface area contributed by atoms with Crippen molar-refractivity contribution in [3.05, 3.63) is 89.5 Å². The molecule has 0 saturated carbocycles. The zero-order valence-electron chi connectivity index (χ0n) is 20.9. The molecule has 1 atom stereocenters. The number of pyridine rings is 2. The first-order valence-electron chi connectivity index (χ1n) is 12.3. The van der Waals surface area contributed by atoms with E-state index in [0.717, 1.165) is 32.5 Å². The van der Waals surface area contributed by atoms with Crippen LogP contribution in [0.4, 0.5) is 0 Å². The number of halogens is 1. The van der Waals surface area contributed by atoms with Crippen LogP contribution in [0.1, 0.15) is 24.0 Å². The summed E-state index contributed by atoms with van der Waals surface area (Å²) in [6.07, 6.45) is 7.65. The minimum absolute atomic E-state index is 0.111. The molecule has 1 aromatic carbocycles. The Morgan fingerprint density at radius 2 is 1.77 bits per heavy atom. The lowest BCUT2D eigenvalue weighted by Gasteiger charge is -2.33. The van der Waals surface area contributed by atoms with Crippen LogP contribution in [0.3, 0.4) is 0 Å². The molecule has 4 heterocycles. The van der Waals surface area contributed by atoms with Crippen molar-refractivity contribution >= 4 is 54.9 Å². The smallest absolute Gasteiger partial charge is 0.250 e. The average molecular weight is 584 g/mol. The van der Waals surface area contributed by atoms with Crippen LogP contribution in [0.2, 0.25) is 5.02 Å². The first kappa shape index (κ1) is 27.2. The van der Waals surface area contributed by atoms with Crippen LogP contribution in [0, 0.1) is 0 Å². The molecule has 0 radical (unpaired) electrons. The molecule has 9 nitrogen and oxygen atoms in total. The summed E-state index contributed by atoms with van der Waals surface area (Å²) in [6.45, 7) is 0.849. The number of nitrogens with zero attached hydrogens (tertiary/aromatic N) is 4. The van der Waals surface area contributed by atoms with Crippen LogP contribution in [0.15, 0.2) is 77.5 Å². The number of benzene rings is 1. The monoisotopic (exact) mass is 583 g/mol. The normalized spacial score (nSPS) is 16.0. The van der Waals surface area contributed by atoms with Crippen LogP contribution >= 0.6 is 22.9 Å². The number of aromatic nitrogens is 2. The topological polar surface area (TPSA) is 113 Å². The molecule has 39 heavy (non-hydrogen) atoms. The third-order valence-corrected chi connectivity index (χ3v) is 9.70. The average Bonchev–Trinajstić information content (AvgIpc) is 3.36. The van der Waals surface area contributed by atoms with E-state index in [1.807, 2.05) is 12.1 Å². The molecule has 202 valence electrons. The van der Waals surface area contributed by atoms with Crippen molar-refractivity contribution in [1.82, 2.24) is 24.5 Å². The summed E-state index contributed by atoms with van der Waals surface area (Å²) in [5, 5.41) is 1.28. The van der Waals surface area contributed by atoms with E-state index >= 15 is 0 Å². The minimum atomic E-state index is -3.95. The number of carbonyl (C=O) groups excluding carboxylic acids is 2. The van der Waals surface area contributed by atoms with E-state index in [4.69, 9.17) is 11.6 Å². The summed E-state index contributed by atoms with van der Waals surface area (Å²) < 4.78 is 29.7. The Morgan fingerprint density at radius 1 is 1.08 bits per heavy atom. The second-order valence-electron chi connectivity index (χ2n) is 9.30. The molecule has 1 N–H and O–H groups in total. The van der Waals surface area contributed by atoms with Crippen molar-refractivity contribution < 1.29 is 18.0 Å². The number of amides is 2. The number of nitrogens with one attached hydrogen (secondary N) is 1. The van der Waals surface area contributed by atoms with Crippen LogP contribution in [0.25, 0.3) is 10.1 Å². The minimum Gasteiger partial charge on any atom is -0.332 e. The first-order valence-corrected chi connectivity index (χ1v) is 15.0. The van der Waals surface area contributed by atoms with Gasteiger partial charge in [0.15, 0.2) is 0 Å². The van der Waals surface area contributed by atoms with E-state index in [2.05, 4.69) is 14.7 Å². The molecule has 0 bridgehead atoms. The molecule has 1 unspecified atom stereocenters. The van der Waals surface area contributed by atoms with E-state index < -0.39 is 22.0 Å². The van der Waals surface area contributed by atoms with Gasteiger partial charge in [-0.3, -0.25) is 19.6 Å². The van der Waals surface area contributed by atoms with Crippen molar-refractivity contribution in [3.63, 3.8) is 0 Å². The molecule has 2 amide bonds. The Bertz CT molecular complexity index is 1540. The van der Waals surface area contributed by atoms with Gasteiger partial charge in [-0.15, -0.1) is 11.3 Å². The fourth-order valence-electron chi connectivity index (χ4n) is 4.48. The Morgan fingerprint density at radius 3 is 2.41 bits per heavy atom. The van der Waals surface area contributed by atoms with Gasteiger partial charge in [-0.25, -0.2) is 8.42 Å². The van der Waals surface area contributed by atoms with Gasteiger partial charge < -0.3 is 9.80 Å². The number of thiophene rings is 1. The quantitative estimate of drug-likeness (QED) is 0.320. The Hall–Kier alpha value is -3.38. The fraction of sp³-hybridized carbons (Fsp3) is 0.259. The lowest BCUT2D eigenvalue weighted by Crippen LogP contribution is -2.54. The lowest BCUT2D eigenvalue weighted by atomic mass is 10.1. The number of hydrogen-bond donors (Lipinski definition) is 1. The van der Waals surface area contributed by atoms with Crippen molar-refractivity contribution in [2.75, 3.05) is 13.1 Å². The molecular weight excluding hydrogens is 558 g/mol. The Labute approximate surface area is 235 Å². The summed E-state index contributed by atoms with van der Waals surface area (Å²) in [7, 11) is -3.95. The van der Waals surface area contributed by atoms with Gasteiger partial charge in [-0.2, -0.15) is 4.72 Å². The van der Waals surface area contributed by atoms with Crippen LogP contribution in [0.5, 0.6) is 0 Å². The number of likely N-dealkylation sites (tertiary alicyclic amines) is 1. The highest BCUT2D eigenvalue weighted by molar-refractivity contribution is 7.91.